The maximum atomic E-state index is 10.8. The standard InChI is InChI=1S/C11H13ClN2O2S/c1-7-4-9(6-17-7)13-8-2-3-10(12)11(5-8)14(15)16/h2-3,5,7,9,13H,4,6H2,1H3. The molecule has 2 unspecified atom stereocenters. The Labute approximate surface area is 109 Å². The summed E-state index contributed by atoms with van der Waals surface area (Å²) in [5.74, 6) is 1.04. The summed E-state index contributed by atoms with van der Waals surface area (Å²) in [7, 11) is 0. The molecule has 1 N–H and O–H groups in total. The minimum atomic E-state index is -0.459. The molecular weight excluding hydrogens is 260 g/mol. The van der Waals surface area contributed by atoms with Crippen molar-refractivity contribution in [2.45, 2.75) is 24.6 Å². The number of anilines is 1. The Balaban J connectivity index is 2.11. The van der Waals surface area contributed by atoms with Crippen LogP contribution in [0.25, 0.3) is 0 Å². The quantitative estimate of drug-likeness (QED) is 0.675. The molecule has 1 heterocycles. The fraction of sp³-hybridized carbons (Fsp3) is 0.455. The van der Waals surface area contributed by atoms with E-state index in [2.05, 4.69) is 12.2 Å². The molecule has 0 saturated carbocycles. The number of halogens is 1. The molecule has 1 aliphatic rings. The molecule has 1 aromatic carbocycles. The van der Waals surface area contributed by atoms with E-state index in [-0.39, 0.29) is 10.7 Å². The van der Waals surface area contributed by atoms with Gasteiger partial charge in [0.25, 0.3) is 5.69 Å². The lowest BCUT2D eigenvalue weighted by Crippen LogP contribution is -2.18. The van der Waals surface area contributed by atoms with Gasteiger partial charge in [-0.05, 0) is 18.6 Å². The van der Waals surface area contributed by atoms with Gasteiger partial charge in [0.05, 0.1) is 4.92 Å². The zero-order valence-electron chi connectivity index (χ0n) is 9.35. The van der Waals surface area contributed by atoms with Crippen LogP contribution in [0.1, 0.15) is 13.3 Å². The second-order valence-corrected chi connectivity index (χ2v) is 6.02. The van der Waals surface area contributed by atoms with Gasteiger partial charge in [0.2, 0.25) is 0 Å². The van der Waals surface area contributed by atoms with E-state index in [1.807, 2.05) is 11.8 Å². The molecule has 0 bridgehead atoms. The molecule has 0 amide bonds. The second-order valence-electron chi connectivity index (χ2n) is 4.14. The van der Waals surface area contributed by atoms with Gasteiger partial charge in [-0.2, -0.15) is 11.8 Å². The van der Waals surface area contributed by atoms with Crippen molar-refractivity contribution in [2.75, 3.05) is 11.1 Å². The maximum absolute atomic E-state index is 10.8. The Morgan fingerprint density at radius 1 is 1.59 bits per heavy atom. The monoisotopic (exact) mass is 272 g/mol. The van der Waals surface area contributed by atoms with Crippen LogP contribution in [-0.4, -0.2) is 22.0 Å². The van der Waals surface area contributed by atoms with Crippen molar-refractivity contribution >= 4 is 34.7 Å². The van der Waals surface area contributed by atoms with Crippen LogP contribution in [0.4, 0.5) is 11.4 Å². The third kappa shape index (κ3) is 3.04. The number of hydrogen-bond donors (Lipinski definition) is 1. The Hall–Kier alpha value is -0.940. The minimum absolute atomic E-state index is 0.0460. The van der Waals surface area contributed by atoms with Gasteiger partial charge in [-0.1, -0.05) is 18.5 Å². The van der Waals surface area contributed by atoms with Gasteiger partial charge in [-0.15, -0.1) is 0 Å². The summed E-state index contributed by atoms with van der Waals surface area (Å²) in [5, 5.41) is 14.9. The van der Waals surface area contributed by atoms with Gasteiger partial charge in [0.15, 0.2) is 0 Å². The molecule has 4 nitrogen and oxygen atoms in total. The summed E-state index contributed by atoms with van der Waals surface area (Å²) in [4.78, 5) is 10.3. The highest BCUT2D eigenvalue weighted by atomic mass is 35.5. The summed E-state index contributed by atoms with van der Waals surface area (Å²) < 4.78 is 0. The molecule has 0 radical (unpaired) electrons. The normalized spacial score (nSPS) is 23.6. The zero-order valence-corrected chi connectivity index (χ0v) is 10.9. The smallest absolute Gasteiger partial charge is 0.289 e. The van der Waals surface area contributed by atoms with Crippen molar-refractivity contribution in [3.8, 4) is 0 Å². The zero-order chi connectivity index (χ0) is 12.4. The van der Waals surface area contributed by atoms with Crippen LogP contribution in [0, 0.1) is 10.1 Å². The topological polar surface area (TPSA) is 55.2 Å². The number of thioether (sulfide) groups is 1. The molecule has 0 aliphatic carbocycles. The van der Waals surface area contributed by atoms with E-state index in [0.717, 1.165) is 17.9 Å². The molecule has 2 atom stereocenters. The predicted octanol–water partition coefficient (Wildman–Crippen LogP) is 3.55. The molecule has 1 aromatic rings. The van der Waals surface area contributed by atoms with Crippen LogP contribution in [0.3, 0.4) is 0 Å². The lowest BCUT2D eigenvalue weighted by atomic mass is 10.2. The van der Waals surface area contributed by atoms with Gasteiger partial charge in [-0.25, -0.2) is 0 Å². The fourth-order valence-corrected chi connectivity index (χ4v) is 3.23. The van der Waals surface area contributed by atoms with Crippen LogP contribution in [0.2, 0.25) is 5.02 Å². The predicted molar refractivity (Wildman–Crippen MR) is 72.1 cm³/mol. The Morgan fingerprint density at radius 3 is 2.94 bits per heavy atom. The van der Waals surface area contributed by atoms with E-state index in [9.17, 15) is 10.1 Å². The number of rotatable bonds is 3. The molecule has 0 spiro atoms. The molecule has 1 saturated heterocycles. The van der Waals surface area contributed by atoms with Crippen LogP contribution in [0.15, 0.2) is 18.2 Å². The maximum Gasteiger partial charge on any atom is 0.289 e. The van der Waals surface area contributed by atoms with Crippen LogP contribution >= 0.6 is 23.4 Å². The van der Waals surface area contributed by atoms with E-state index in [1.165, 1.54) is 6.07 Å². The number of nitrogens with zero attached hydrogens (tertiary/aromatic N) is 1. The molecule has 92 valence electrons. The van der Waals surface area contributed by atoms with E-state index in [4.69, 9.17) is 11.6 Å². The number of hydrogen-bond acceptors (Lipinski definition) is 4. The summed E-state index contributed by atoms with van der Waals surface area (Å²) in [5.41, 5.74) is 0.719. The van der Waals surface area contributed by atoms with E-state index >= 15 is 0 Å². The first-order chi connectivity index (χ1) is 8.06. The first-order valence-electron chi connectivity index (χ1n) is 5.38. The lowest BCUT2D eigenvalue weighted by molar-refractivity contribution is -0.384. The molecule has 1 fully saturated rings. The van der Waals surface area contributed by atoms with Crippen LogP contribution < -0.4 is 5.32 Å². The van der Waals surface area contributed by atoms with E-state index in [1.54, 1.807) is 12.1 Å². The third-order valence-corrected chi connectivity index (χ3v) is 4.39. The highest BCUT2D eigenvalue weighted by Gasteiger charge is 2.22. The van der Waals surface area contributed by atoms with Crippen LogP contribution in [0.5, 0.6) is 0 Å². The lowest BCUT2D eigenvalue weighted by Gasteiger charge is -2.13. The van der Waals surface area contributed by atoms with Crippen LogP contribution in [-0.2, 0) is 0 Å². The van der Waals surface area contributed by atoms with Crippen molar-refractivity contribution < 1.29 is 4.92 Å². The van der Waals surface area contributed by atoms with Gasteiger partial charge < -0.3 is 5.32 Å². The van der Waals surface area contributed by atoms with Crippen molar-refractivity contribution in [3.05, 3.63) is 33.3 Å². The van der Waals surface area contributed by atoms with Crippen molar-refractivity contribution in [2.24, 2.45) is 0 Å². The molecule has 17 heavy (non-hydrogen) atoms. The SMILES string of the molecule is CC1CC(Nc2ccc(Cl)c([N+](=O)[O-])c2)CS1. The van der Waals surface area contributed by atoms with Gasteiger partial charge in [0, 0.05) is 28.8 Å². The van der Waals surface area contributed by atoms with Crippen molar-refractivity contribution in [3.63, 3.8) is 0 Å². The Morgan fingerprint density at radius 2 is 2.35 bits per heavy atom. The molecule has 2 rings (SSSR count). The average molecular weight is 273 g/mol. The number of nitrogens with one attached hydrogen (secondary N) is 1. The number of benzene rings is 1. The molecule has 0 aromatic heterocycles. The number of nitro groups is 1. The first kappa shape index (κ1) is 12.5. The summed E-state index contributed by atoms with van der Waals surface area (Å²) >= 11 is 7.67. The van der Waals surface area contributed by atoms with Gasteiger partial charge >= 0.3 is 0 Å². The van der Waals surface area contributed by atoms with Gasteiger partial charge in [-0.3, -0.25) is 10.1 Å². The number of nitro benzene ring substituents is 1. The second kappa shape index (κ2) is 5.14. The Kier molecular flexibility index (Phi) is 3.79. The largest absolute Gasteiger partial charge is 0.381 e. The fourth-order valence-electron chi connectivity index (χ4n) is 1.90. The minimum Gasteiger partial charge on any atom is -0.381 e. The molecular formula is C11H13ClN2O2S. The Bertz CT molecular complexity index is 441. The highest BCUT2D eigenvalue weighted by molar-refractivity contribution is 8.00. The van der Waals surface area contributed by atoms with Gasteiger partial charge in [0.1, 0.15) is 5.02 Å². The summed E-state index contributed by atoms with van der Waals surface area (Å²) in [6.07, 6.45) is 1.08. The van der Waals surface area contributed by atoms with Crippen molar-refractivity contribution in [1.82, 2.24) is 0 Å². The summed E-state index contributed by atoms with van der Waals surface area (Å²) in [6, 6.07) is 5.22. The summed E-state index contributed by atoms with van der Waals surface area (Å²) in [6.45, 7) is 2.19. The third-order valence-electron chi connectivity index (χ3n) is 2.71. The average Bonchev–Trinajstić information content (AvgIpc) is 2.66. The van der Waals surface area contributed by atoms with E-state index in [0.29, 0.717) is 11.3 Å². The molecule has 1 aliphatic heterocycles. The van der Waals surface area contributed by atoms with Crippen molar-refractivity contribution in [1.29, 1.82) is 0 Å². The first-order valence-corrected chi connectivity index (χ1v) is 6.81. The molecule has 6 heteroatoms. The highest BCUT2D eigenvalue weighted by Crippen LogP contribution is 2.31. The van der Waals surface area contributed by atoms with E-state index < -0.39 is 4.92 Å².